The van der Waals surface area contributed by atoms with Gasteiger partial charge in [-0.2, -0.15) is 12.6 Å². The first-order valence-corrected chi connectivity index (χ1v) is 4.18. The molecule has 0 aromatic carbocycles. The van der Waals surface area contributed by atoms with Crippen LogP contribution in [0, 0.1) is 6.92 Å². The third kappa shape index (κ3) is 2.15. The van der Waals surface area contributed by atoms with Crippen LogP contribution in [0.1, 0.15) is 12.8 Å². The molecule has 1 saturated heterocycles. The summed E-state index contributed by atoms with van der Waals surface area (Å²) in [4.78, 5) is 0. The summed E-state index contributed by atoms with van der Waals surface area (Å²) < 4.78 is 5.45. The number of hydrogen-bond donors (Lipinski definition) is 2. The smallest absolute Gasteiger partial charge is 0.0819 e. The second kappa shape index (κ2) is 4.21. The third-order valence-corrected chi connectivity index (χ3v) is 2.14. The van der Waals surface area contributed by atoms with Crippen LogP contribution >= 0.6 is 12.6 Å². The first kappa shape index (κ1) is 8.37. The second-order valence-corrected chi connectivity index (χ2v) is 3.01. The van der Waals surface area contributed by atoms with E-state index in [0.717, 1.165) is 26.0 Å². The van der Waals surface area contributed by atoms with E-state index in [0.29, 0.717) is 0 Å². The molecule has 1 heterocycles. The van der Waals surface area contributed by atoms with E-state index < -0.39 is 0 Å². The van der Waals surface area contributed by atoms with Crippen molar-refractivity contribution in [2.75, 3.05) is 13.2 Å². The minimum atomic E-state index is 0.204. The molecule has 10 heavy (non-hydrogen) atoms. The van der Waals surface area contributed by atoms with Gasteiger partial charge in [-0.05, 0) is 6.42 Å². The zero-order chi connectivity index (χ0) is 7.40. The van der Waals surface area contributed by atoms with Gasteiger partial charge >= 0.3 is 0 Å². The van der Waals surface area contributed by atoms with Gasteiger partial charge in [0.25, 0.3) is 0 Å². The average Bonchev–Trinajstić information content (AvgIpc) is 1.94. The van der Waals surface area contributed by atoms with Gasteiger partial charge in [0.05, 0.1) is 18.1 Å². The Hall–Kier alpha value is 0.270. The van der Waals surface area contributed by atoms with Crippen LogP contribution in [0.25, 0.3) is 0 Å². The minimum absolute atomic E-state index is 0.204. The zero-order valence-corrected chi connectivity index (χ0v) is 6.94. The van der Waals surface area contributed by atoms with Crippen molar-refractivity contribution in [3.05, 3.63) is 6.92 Å². The number of nitrogens with one attached hydrogen (secondary N) is 1. The van der Waals surface area contributed by atoms with Gasteiger partial charge in [0.2, 0.25) is 0 Å². The highest BCUT2D eigenvalue weighted by Gasteiger charge is 2.20. The Bertz CT molecular complexity index is 97.6. The maximum absolute atomic E-state index is 5.45. The number of ether oxygens (including phenoxy) is 1. The zero-order valence-electron chi connectivity index (χ0n) is 6.05. The summed E-state index contributed by atoms with van der Waals surface area (Å²) in [5, 5.41) is 3.43. The normalized spacial score (nSPS) is 34.2. The van der Waals surface area contributed by atoms with Crippen LogP contribution in [0.5, 0.6) is 0 Å². The first-order valence-electron chi connectivity index (χ1n) is 3.67. The lowest BCUT2D eigenvalue weighted by molar-refractivity contribution is 0.0155. The van der Waals surface area contributed by atoms with Crippen LogP contribution in [-0.4, -0.2) is 24.6 Å². The molecule has 2 nitrogen and oxygen atoms in total. The van der Waals surface area contributed by atoms with Crippen molar-refractivity contribution in [1.82, 2.24) is 5.32 Å². The topological polar surface area (TPSA) is 21.3 Å². The molecule has 59 valence electrons. The van der Waals surface area contributed by atoms with Crippen molar-refractivity contribution < 1.29 is 4.74 Å². The van der Waals surface area contributed by atoms with Gasteiger partial charge in [0, 0.05) is 6.54 Å². The van der Waals surface area contributed by atoms with Gasteiger partial charge in [0.15, 0.2) is 0 Å². The highest BCUT2D eigenvalue weighted by atomic mass is 32.1. The van der Waals surface area contributed by atoms with Crippen LogP contribution < -0.4 is 5.32 Å². The summed E-state index contributed by atoms with van der Waals surface area (Å²) >= 11 is 4.33. The molecule has 2 atom stereocenters. The summed E-state index contributed by atoms with van der Waals surface area (Å²) in [6.07, 6.45) is 2.18. The van der Waals surface area contributed by atoms with Crippen molar-refractivity contribution in [3.63, 3.8) is 0 Å². The number of thiol groups is 1. The van der Waals surface area contributed by atoms with Crippen molar-refractivity contribution >= 4 is 12.6 Å². The molecule has 3 heteroatoms. The van der Waals surface area contributed by atoms with E-state index in [4.69, 9.17) is 4.74 Å². The molecule has 0 aromatic rings. The molecule has 1 aliphatic rings. The molecule has 0 bridgehead atoms. The van der Waals surface area contributed by atoms with Crippen LogP contribution in [0.4, 0.5) is 0 Å². The van der Waals surface area contributed by atoms with Gasteiger partial charge in [-0.3, -0.25) is 0 Å². The standard InChI is InChI=1S/C7H14NOS/c1-2-3-6-7(10)8-4-5-9-6/h6-8,10H,1-5H2. The molecule has 1 rings (SSSR count). The van der Waals surface area contributed by atoms with E-state index in [-0.39, 0.29) is 11.5 Å². The fraction of sp³-hybridized carbons (Fsp3) is 0.857. The van der Waals surface area contributed by atoms with E-state index in [1.54, 1.807) is 0 Å². The molecule has 1 radical (unpaired) electrons. The second-order valence-electron chi connectivity index (χ2n) is 2.45. The third-order valence-electron chi connectivity index (χ3n) is 1.63. The molecular formula is C7H14NOS. The van der Waals surface area contributed by atoms with Crippen LogP contribution in [0.2, 0.25) is 0 Å². The lowest BCUT2D eigenvalue weighted by atomic mass is 10.2. The Labute approximate surface area is 67.7 Å². The van der Waals surface area contributed by atoms with Gasteiger partial charge in [-0.15, -0.1) is 0 Å². The quantitative estimate of drug-likeness (QED) is 0.584. The SMILES string of the molecule is [CH2]CCC1OCCNC1S. The number of morpholine rings is 1. The Morgan fingerprint density at radius 3 is 3.10 bits per heavy atom. The summed E-state index contributed by atoms with van der Waals surface area (Å²) in [7, 11) is 0. The molecule has 0 aliphatic carbocycles. The molecule has 0 amide bonds. The number of rotatable bonds is 2. The van der Waals surface area contributed by atoms with E-state index in [1.807, 2.05) is 0 Å². The molecule has 1 N–H and O–H groups in total. The predicted molar refractivity (Wildman–Crippen MR) is 45.1 cm³/mol. The fourth-order valence-corrected chi connectivity index (χ4v) is 1.45. The summed E-state index contributed by atoms with van der Waals surface area (Å²) in [6.45, 7) is 5.50. The predicted octanol–water partition coefficient (Wildman–Crippen LogP) is 0.845. The highest BCUT2D eigenvalue weighted by Crippen LogP contribution is 2.12. The first-order chi connectivity index (χ1) is 4.84. The van der Waals surface area contributed by atoms with Gasteiger partial charge in [-0.25, -0.2) is 0 Å². The fourth-order valence-electron chi connectivity index (χ4n) is 1.08. The lowest BCUT2D eigenvalue weighted by Crippen LogP contribution is -2.44. The highest BCUT2D eigenvalue weighted by molar-refractivity contribution is 7.81. The molecule has 0 saturated carbocycles. The van der Waals surface area contributed by atoms with Gasteiger partial charge in [-0.1, -0.05) is 13.3 Å². The Morgan fingerprint density at radius 2 is 2.50 bits per heavy atom. The van der Waals surface area contributed by atoms with Crippen molar-refractivity contribution in [3.8, 4) is 0 Å². The summed E-state index contributed by atoms with van der Waals surface area (Å²) in [5.41, 5.74) is 0. The van der Waals surface area contributed by atoms with Crippen molar-refractivity contribution in [2.24, 2.45) is 0 Å². The molecule has 1 fully saturated rings. The van der Waals surface area contributed by atoms with Crippen molar-refractivity contribution in [2.45, 2.75) is 24.3 Å². The molecule has 2 unspecified atom stereocenters. The van der Waals surface area contributed by atoms with E-state index >= 15 is 0 Å². The maximum Gasteiger partial charge on any atom is 0.0819 e. The monoisotopic (exact) mass is 160 g/mol. The molecule has 0 aromatic heterocycles. The Balaban J connectivity index is 2.25. The van der Waals surface area contributed by atoms with E-state index in [9.17, 15) is 0 Å². The summed E-state index contributed by atoms with van der Waals surface area (Å²) in [5.74, 6) is 0. The Morgan fingerprint density at radius 1 is 1.70 bits per heavy atom. The van der Waals surface area contributed by atoms with Crippen LogP contribution in [-0.2, 0) is 4.74 Å². The molecule has 0 spiro atoms. The number of hydrogen-bond acceptors (Lipinski definition) is 3. The minimum Gasteiger partial charge on any atom is -0.374 e. The average molecular weight is 160 g/mol. The lowest BCUT2D eigenvalue weighted by Gasteiger charge is -2.29. The maximum atomic E-state index is 5.45. The van der Waals surface area contributed by atoms with Crippen LogP contribution in [0.3, 0.4) is 0 Å². The van der Waals surface area contributed by atoms with E-state index in [1.165, 1.54) is 0 Å². The largest absolute Gasteiger partial charge is 0.374 e. The molecule has 1 aliphatic heterocycles. The molecular weight excluding hydrogens is 146 g/mol. The van der Waals surface area contributed by atoms with E-state index in [2.05, 4.69) is 24.9 Å². The van der Waals surface area contributed by atoms with Gasteiger partial charge in [0.1, 0.15) is 0 Å². The van der Waals surface area contributed by atoms with Crippen LogP contribution in [0.15, 0.2) is 0 Å². The van der Waals surface area contributed by atoms with Gasteiger partial charge < -0.3 is 10.1 Å². The Kier molecular flexibility index (Phi) is 3.52. The summed E-state index contributed by atoms with van der Waals surface area (Å²) in [6, 6.07) is 0. The van der Waals surface area contributed by atoms with Crippen molar-refractivity contribution in [1.29, 1.82) is 0 Å².